The summed E-state index contributed by atoms with van der Waals surface area (Å²) in [6.07, 6.45) is 7.48. The minimum Gasteiger partial charge on any atom is -0.452 e. The van der Waals surface area contributed by atoms with E-state index in [0.29, 0.717) is 6.54 Å². The number of hydrogen-bond donors (Lipinski definition) is 0. The number of carbonyl (C=O) groups is 1. The molecule has 0 aromatic carbocycles. The Labute approximate surface area is 82.8 Å². The van der Waals surface area contributed by atoms with Gasteiger partial charge < -0.3 is 4.74 Å². The Bertz CT molecular complexity index is 318. The second kappa shape index (κ2) is 3.66. The molecule has 2 rings (SSSR count). The van der Waals surface area contributed by atoms with Gasteiger partial charge in [0.2, 0.25) is 0 Å². The smallest absolute Gasteiger partial charge is 0.413 e. The average molecular weight is 200 g/mol. The van der Waals surface area contributed by atoms with Crippen LogP contribution in [0.2, 0.25) is 0 Å². The number of fused-ring (bicyclic) bond motifs is 1. The van der Waals surface area contributed by atoms with Crippen LogP contribution < -0.4 is 0 Å². The third kappa shape index (κ3) is 1.60. The molecular formula is C9H10ClNO2. The number of ether oxygens (including phenoxy) is 1. The van der Waals surface area contributed by atoms with E-state index in [4.69, 9.17) is 0 Å². The predicted molar refractivity (Wildman–Crippen MR) is 51.7 cm³/mol. The average Bonchev–Trinajstić information content (AvgIpc) is 2.60. The highest BCUT2D eigenvalue weighted by atomic mass is 35.5. The van der Waals surface area contributed by atoms with Gasteiger partial charge in [-0.05, 0) is 11.1 Å². The highest BCUT2D eigenvalue weighted by molar-refractivity contribution is 5.85. The molecule has 1 aliphatic carbocycles. The van der Waals surface area contributed by atoms with Crippen molar-refractivity contribution in [2.75, 3.05) is 13.7 Å². The summed E-state index contributed by atoms with van der Waals surface area (Å²) in [5.74, 6) is 0. The summed E-state index contributed by atoms with van der Waals surface area (Å²) in [6.45, 7) is 0.634. The van der Waals surface area contributed by atoms with Crippen LogP contribution in [-0.2, 0) is 4.74 Å². The second-order valence-electron chi connectivity index (χ2n) is 2.73. The molecule has 13 heavy (non-hydrogen) atoms. The zero-order valence-corrected chi connectivity index (χ0v) is 8.00. The number of amides is 1. The Kier molecular flexibility index (Phi) is 2.78. The first-order chi connectivity index (χ1) is 5.81. The molecule has 0 aromatic rings. The van der Waals surface area contributed by atoms with Gasteiger partial charge in [-0.3, -0.25) is 4.90 Å². The SMILES string of the molecule is COC(=O)N1C=C2C=CC=C2C1.Cl. The van der Waals surface area contributed by atoms with Crippen LogP contribution in [0.3, 0.4) is 0 Å². The number of methoxy groups -OCH3 is 1. The number of halogens is 1. The lowest BCUT2D eigenvalue weighted by Gasteiger charge is -2.10. The molecule has 1 heterocycles. The summed E-state index contributed by atoms with van der Waals surface area (Å²) in [4.78, 5) is 12.6. The normalized spacial score (nSPS) is 17.5. The van der Waals surface area contributed by atoms with Crippen molar-refractivity contribution in [3.05, 3.63) is 35.6 Å². The van der Waals surface area contributed by atoms with E-state index >= 15 is 0 Å². The van der Waals surface area contributed by atoms with Crippen molar-refractivity contribution >= 4 is 18.5 Å². The summed E-state index contributed by atoms with van der Waals surface area (Å²) < 4.78 is 4.59. The molecule has 0 aromatic heterocycles. The maximum atomic E-state index is 11.1. The lowest BCUT2D eigenvalue weighted by molar-refractivity contribution is 0.144. The first-order valence-corrected chi connectivity index (χ1v) is 3.75. The fraction of sp³-hybridized carbons (Fsp3) is 0.222. The van der Waals surface area contributed by atoms with Crippen LogP contribution in [0.25, 0.3) is 0 Å². The molecule has 1 amide bonds. The van der Waals surface area contributed by atoms with E-state index < -0.39 is 0 Å². The standard InChI is InChI=1S/C9H9NO2.ClH/c1-12-9(11)10-5-7-3-2-4-8(7)6-10;/h2-5H,6H2,1H3;1H. The topological polar surface area (TPSA) is 29.5 Å². The number of hydrogen-bond acceptors (Lipinski definition) is 2. The first-order valence-electron chi connectivity index (χ1n) is 3.75. The van der Waals surface area contributed by atoms with Gasteiger partial charge in [0, 0.05) is 6.20 Å². The maximum Gasteiger partial charge on any atom is 0.413 e. The summed E-state index contributed by atoms with van der Waals surface area (Å²) in [7, 11) is 1.39. The van der Waals surface area contributed by atoms with Gasteiger partial charge in [-0.25, -0.2) is 4.79 Å². The van der Waals surface area contributed by atoms with Crippen LogP contribution in [0.4, 0.5) is 4.79 Å². The third-order valence-corrected chi connectivity index (χ3v) is 1.99. The van der Waals surface area contributed by atoms with Gasteiger partial charge in [0.05, 0.1) is 13.7 Å². The van der Waals surface area contributed by atoms with Crippen molar-refractivity contribution in [2.24, 2.45) is 0 Å². The van der Waals surface area contributed by atoms with Gasteiger partial charge in [0.15, 0.2) is 0 Å². The van der Waals surface area contributed by atoms with Crippen LogP contribution in [0, 0.1) is 0 Å². The molecule has 4 heteroatoms. The zero-order chi connectivity index (χ0) is 8.55. The van der Waals surface area contributed by atoms with Gasteiger partial charge in [0.25, 0.3) is 0 Å². The summed E-state index contributed by atoms with van der Waals surface area (Å²) in [5.41, 5.74) is 2.29. The Balaban J connectivity index is 0.000000845. The Morgan fingerprint density at radius 3 is 3.00 bits per heavy atom. The molecule has 0 atom stereocenters. The Morgan fingerprint density at radius 2 is 2.38 bits per heavy atom. The lowest BCUT2D eigenvalue weighted by Crippen LogP contribution is -2.23. The second-order valence-corrected chi connectivity index (χ2v) is 2.73. The fourth-order valence-corrected chi connectivity index (χ4v) is 1.37. The van der Waals surface area contributed by atoms with Gasteiger partial charge in [-0.1, -0.05) is 18.2 Å². The first kappa shape index (κ1) is 9.86. The largest absolute Gasteiger partial charge is 0.452 e. The molecule has 2 aliphatic rings. The Morgan fingerprint density at radius 1 is 1.62 bits per heavy atom. The minimum absolute atomic E-state index is 0. The van der Waals surface area contributed by atoms with Crippen LogP contribution >= 0.6 is 12.4 Å². The number of rotatable bonds is 0. The number of carbonyl (C=O) groups excluding carboxylic acids is 1. The molecule has 0 radical (unpaired) electrons. The molecule has 0 unspecified atom stereocenters. The molecular weight excluding hydrogens is 190 g/mol. The van der Waals surface area contributed by atoms with Crippen molar-refractivity contribution < 1.29 is 9.53 Å². The van der Waals surface area contributed by atoms with Crippen molar-refractivity contribution in [3.63, 3.8) is 0 Å². The molecule has 0 N–H and O–H groups in total. The van der Waals surface area contributed by atoms with Crippen molar-refractivity contribution in [1.82, 2.24) is 4.90 Å². The highest BCUT2D eigenvalue weighted by Gasteiger charge is 2.22. The highest BCUT2D eigenvalue weighted by Crippen LogP contribution is 2.26. The number of nitrogens with zero attached hydrogens (tertiary/aromatic N) is 1. The van der Waals surface area contributed by atoms with E-state index in [0.717, 1.165) is 5.57 Å². The van der Waals surface area contributed by atoms with Crippen LogP contribution in [0.5, 0.6) is 0 Å². The molecule has 0 saturated heterocycles. The van der Waals surface area contributed by atoms with E-state index in [-0.39, 0.29) is 18.5 Å². The van der Waals surface area contributed by atoms with Gasteiger partial charge in [-0.2, -0.15) is 0 Å². The maximum absolute atomic E-state index is 11.1. The molecule has 0 fully saturated rings. The van der Waals surface area contributed by atoms with E-state index in [1.165, 1.54) is 12.7 Å². The minimum atomic E-state index is -0.300. The van der Waals surface area contributed by atoms with Gasteiger partial charge >= 0.3 is 6.09 Å². The summed E-state index contributed by atoms with van der Waals surface area (Å²) >= 11 is 0. The quantitative estimate of drug-likeness (QED) is 0.596. The van der Waals surface area contributed by atoms with Crippen molar-refractivity contribution in [3.8, 4) is 0 Å². The molecule has 0 saturated carbocycles. The summed E-state index contributed by atoms with van der Waals surface area (Å²) in [6, 6.07) is 0. The van der Waals surface area contributed by atoms with E-state index in [1.54, 1.807) is 11.1 Å². The summed E-state index contributed by atoms with van der Waals surface area (Å²) in [5, 5.41) is 0. The van der Waals surface area contributed by atoms with Gasteiger partial charge in [0.1, 0.15) is 0 Å². The lowest BCUT2D eigenvalue weighted by atomic mass is 10.2. The van der Waals surface area contributed by atoms with E-state index in [9.17, 15) is 4.79 Å². The monoisotopic (exact) mass is 199 g/mol. The third-order valence-electron chi connectivity index (χ3n) is 1.99. The fourth-order valence-electron chi connectivity index (χ4n) is 1.37. The van der Waals surface area contributed by atoms with Crippen LogP contribution in [0.1, 0.15) is 0 Å². The van der Waals surface area contributed by atoms with Crippen LogP contribution in [0.15, 0.2) is 35.6 Å². The zero-order valence-electron chi connectivity index (χ0n) is 7.19. The van der Waals surface area contributed by atoms with Crippen LogP contribution in [-0.4, -0.2) is 24.6 Å². The molecule has 0 spiro atoms. The van der Waals surface area contributed by atoms with Crippen molar-refractivity contribution in [1.29, 1.82) is 0 Å². The molecule has 3 nitrogen and oxygen atoms in total. The van der Waals surface area contributed by atoms with E-state index in [2.05, 4.69) is 4.74 Å². The molecule has 1 aliphatic heterocycles. The van der Waals surface area contributed by atoms with Crippen molar-refractivity contribution in [2.45, 2.75) is 0 Å². The molecule has 70 valence electrons. The van der Waals surface area contributed by atoms with E-state index in [1.807, 2.05) is 18.2 Å². The Hall–Kier alpha value is -1.22. The molecule has 0 bridgehead atoms. The number of allylic oxidation sites excluding steroid dienone is 3. The predicted octanol–water partition coefficient (Wildman–Crippen LogP) is 1.87. The van der Waals surface area contributed by atoms with Gasteiger partial charge in [-0.15, -0.1) is 12.4 Å².